The minimum Gasteiger partial charge on any atom is -0.508 e. The fourth-order valence-corrected chi connectivity index (χ4v) is 1.22. The number of aromatic hydroxyl groups is 4. The third-order valence-electron chi connectivity index (χ3n) is 2.13. The van der Waals surface area contributed by atoms with Crippen LogP contribution >= 0.6 is 0 Å². The van der Waals surface area contributed by atoms with Crippen molar-refractivity contribution >= 4 is 5.69 Å². The second-order valence-corrected chi connectivity index (χ2v) is 3.63. The Hall–Kier alpha value is -2.76. The van der Waals surface area contributed by atoms with Crippen LogP contribution in [0.4, 0.5) is 5.69 Å². The summed E-state index contributed by atoms with van der Waals surface area (Å²) < 4.78 is 4.76. The third-order valence-corrected chi connectivity index (χ3v) is 2.13. The predicted molar refractivity (Wildman–Crippen MR) is 70.5 cm³/mol. The van der Waals surface area contributed by atoms with Crippen LogP contribution in [-0.4, -0.2) is 27.5 Å². The maximum absolute atomic E-state index is 8.88. The predicted octanol–water partition coefficient (Wildman–Crippen LogP) is 1.79. The van der Waals surface area contributed by atoms with E-state index in [0.29, 0.717) is 5.75 Å². The van der Waals surface area contributed by atoms with Crippen LogP contribution in [0.2, 0.25) is 0 Å². The molecule has 2 aromatic carbocycles. The largest absolute Gasteiger partial charge is 0.508 e. The number of nitrogen functional groups attached to an aromatic ring is 1. The fourth-order valence-electron chi connectivity index (χ4n) is 1.22. The molecule has 0 spiro atoms. The van der Waals surface area contributed by atoms with Gasteiger partial charge in [0.05, 0.1) is 12.8 Å². The molecule has 2 rings (SSSR count). The first-order chi connectivity index (χ1) is 8.92. The summed E-state index contributed by atoms with van der Waals surface area (Å²) in [5, 5.41) is 35.3. The number of benzene rings is 2. The van der Waals surface area contributed by atoms with E-state index in [2.05, 4.69) is 0 Å². The number of phenolic OH excluding ortho intramolecular Hbond substituents is 4. The highest BCUT2D eigenvalue weighted by atomic mass is 16.5. The smallest absolute Gasteiger partial charge is 0.142 e. The Morgan fingerprint density at radius 2 is 1.42 bits per heavy atom. The van der Waals surface area contributed by atoms with Gasteiger partial charge in [0.25, 0.3) is 0 Å². The number of methoxy groups -OCH3 is 1. The Bertz CT molecular complexity index is 536. The zero-order valence-electron chi connectivity index (χ0n) is 10.2. The lowest BCUT2D eigenvalue weighted by Crippen LogP contribution is -1.82. The third kappa shape index (κ3) is 4.55. The molecule has 2 aromatic rings. The fraction of sp³-hybridized carbons (Fsp3) is 0.0769. The van der Waals surface area contributed by atoms with Crippen LogP contribution < -0.4 is 10.5 Å². The van der Waals surface area contributed by atoms with Gasteiger partial charge >= 0.3 is 0 Å². The Morgan fingerprint density at radius 1 is 0.842 bits per heavy atom. The number of hydrogen-bond acceptors (Lipinski definition) is 6. The lowest BCUT2D eigenvalue weighted by molar-refractivity contribution is 0.398. The van der Waals surface area contributed by atoms with Crippen molar-refractivity contribution in [2.45, 2.75) is 0 Å². The molecule has 6 heteroatoms. The Kier molecular flexibility index (Phi) is 4.70. The number of ether oxygens (including phenoxy) is 1. The molecule has 0 bridgehead atoms. The van der Waals surface area contributed by atoms with E-state index in [1.807, 2.05) is 0 Å². The number of hydrogen-bond donors (Lipinski definition) is 5. The summed E-state index contributed by atoms with van der Waals surface area (Å²) in [6.45, 7) is 0. The molecule has 0 amide bonds. The zero-order chi connectivity index (χ0) is 14.4. The first-order valence-electron chi connectivity index (χ1n) is 5.27. The van der Waals surface area contributed by atoms with E-state index in [1.54, 1.807) is 0 Å². The molecule has 0 saturated carbocycles. The average molecular weight is 265 g/mol. The maximum atomic E-state index is 8.88. The molecule has 0 aliphatic carbocycles. The van der Waals surface area contributed by atoms with Crippen molar-refractivity contribution in [1.29, 1.82) is 0 Å². The number of nitrogens with two attached hydrogens (primary N) is 1. The summed E-state index contributed by atoms with van der Waals surface area (Å²) in [5.74, 6) is 0.364. The molecule has 0 radical (unpaired) electrons. The topological polar surface area (TPSA) is 116 Å². The van der Waals surface area contributed by atoms with Gasteiger partial charge in [-0.25, -0.2) is 0 Å². The summed E-state index contributed by atoms with van der Waals surface area (Å²) in [7, 11) is 1.47. The highest BCUT2D eigenvalue weighted by Gasteiger charge is 1.96. The van der Waals surface area contributed by atoms with Crippen molar-refractivity contribution in [2.24, 2.45) is 0 Å². The molecule has 102 valence electrons. The molecule has 0 atom stereocenters. The van der Waals surface area contributed by atoms with E-state index in [0.717, 1.165) is 0 Å². The highest BCUT2D eigenvalue weighted by Crippen LogP contribution is 2.25. The van der Waals surface area contributed by atoms with E-state index in [-0.39, 0.29) is 28.7 Å². The van der Waals surface area contributed by atoms with E-state index in [1.165, 1.54) is 43.5 Å². The Labute approximate surface area is 109 Å². The monoisotopic (exact) mass is 265 g/mol. The zero-order valence-corrected chi connectivity index (χ0v) is 10.2. The molecule has 6 nitrogen and oxygen atoms in total. The van der Waals surface area contributed by atoms with Gasteiger partial charge in [0.1, 0.15) is 28.7 Å². The van der Waals surface area contributed by atoms with Gasteiger partial charge in [0, 0.05) is 24.3 Å². The minimum absolute atomic E-state index is 0.00292. The highest BCUT2D eigenvalue weighted by molar-refractivity contribution is 5.54. The molecule has 6 N–H and O–H groups in total. The van der Waals surface area contributed by atoms with Gasteiger partial charge in [-0.05, 0) is 12.1 Å². The molecular formula is C13H15NO5. The summed E-state index contributed by atoms with van der Waals surface area (Å²) in [6.07, 6.45) is 0. The molecule has 0 aromatic heterocycles. The van der Waals surface area contributed by atoms with Crippen LogP contribution in [0, 0.1) is 0 Å². The van der Waals surface area contributed by atoms with Gasteiger partial charge in [0.2, 0.25) is 0 Å². The summed E-state index contributed by atoms with van der Waals surface area (Å²) in [6, 6.07) is 8.11. The standard InChI is InChI=1S/C7H8O3.C6H7NO2/c1-10-7-3-5(8)2-6(9)4-7;7-5-2-1-4(8)3-6(5)9/h2-4,8-9H,1H3;1-3,8-9H,7H2. The van der Waals surface area contributed by atoms with Crippen LogP contribution in [0.25, 0.3) is 0 Å². The van der Waals surface area contributed by atoms with Crippen molar-refractivity contribution in [3.8, 4) is 28.7 Å². The molecule has 0 saturated heterocycles. The second kappa shape index (κ2) is 6.25. The normalized spacial score (nSPS) is 9.32. The molecule has 0 heterocycles. The van der Waals surface area contributed by atoms with Crippen LogP contribution in [0.15, 0.2) is 36.4 Å². The summed E-state index contributed by atoms with van der Waals surface area (Å²) >= 11 is 0. The molecule has 0 unspecified atom stereocenters. The van der Waals surface area contributed by atoms with E-state index < -0.39 is 0 Å². The molecular weight excluding hydrogens is 250 g/mol. The summed E-state index contributed by atoms with van der Waals surface area (Å²) in [5.41, 5.74) is 5.50. The van der Waals surface area contributed by atoms with Crippen LogP contribution in [-0.2, 0) is 0 Å². The number of phenols is 4. The average Bonchev–Trinajstić information content (AvgIpc) is 2.34. The van der Waals surface area contributed by atoms with Gasteiger partial charge < -0.3 is 30.9 Å². The van der Waals surface area contributed by atoms with Crippen molar-refractivity contribution in [1.82, 2.24) is 0 Å². The van der Waals surface area contributed by atoms with Gasteiger partial charge in [-0.2, -0.15) is 0 Å². The van der Waals surface area contributed by atoms with Crippen molar-refractivity contribution in [3.63, 3.8) is 0 Å². The van der Waals surface area contributed by atoms with Gasteiger partial charge in [-0.15, -0.1) is 0 Å². The molecule has 0 aliphatic heterocycles. The number of rotatable bonds is 1. The van der Waals surface area contributed by atoms with Gasteiger partial charge in [-0.1, -0.05) is 0 Å². The first-order valence-corrected chi connectivity index (χ1v) is 5.27. The molecule has 0 fully saturated rings. The lowest BCUT2D eigenvalue weighted by atomic mass is 10.3. The Morgan fingerprint density at radius 3 is 1.84 bits per heavy atom. The van der Waals surface area contributed by atoms with Crippen molar-refractivity contribution in [3.05, 3.63) is 36.4 Å². The number of anilines is 1. The lowest BCUT2D eigenvalue weighted by Gasteiger charge is -1.99. The van der Waals surface area contributed by atoms with E-state index >= 15 is 0 Å². The van der Waals surface area contributed by atoms with Crippen LogP contribution in [0.3, 0.4) is 0 Å². The maximum Gasteiger partial charge on any atom is 0.142 e. The Balaban J connectivity index is 0.000000191. The molecule has 19 heavy (non-hydrogen) atoms. The van der Waals surface area contributed by atoms with E-state index in [4.69, 9.17) is 30.9 Å². The van der Waals surface area contributed by atoms with Crippen molar-refractivity contribution in [2.75, 3.05) is 12.8 Å². The molecule has 0 aliphatic rings. The SMILES string of the molecule is COc1cc(O)cc(O)c1.Nc1ccc(O)cc1O. The van der Waals surface area contributed by atoms with Crippen LogP contribution in [0.5, 0.6) is 28.7 Å². The minimum atomic E-state index is -0.0880. The first kappa shape index (κ1) is 14.3. The van der Waals surface area contributed by atoms with Gasteiger partial charge in [-0.3, -0.25) is 0 Å². The van der Waals surface area contributed by atoms with Crippen LogP contribution in [0.1, 0.15) is 0 Å². The van der Waals surface area contributed by atoms with Gasteiger partial charge in [0.15, 0.2) is 0 Å². The van der Waals surface area contributed by atoms with Crippen molar-refractivity contribution < 1.29 is 25.2 Å². The summed E-state index contributed by atoms with van der Waals surface area (Å²) in [4.78, 5) is 0. The van der Waals surface area contributed by atoms with E-state index in [9.17, 15) is 0 Å². The quantitative estimate of drug-likeness (QED) is 0.305. The second-order valence-electron chi connectivity index (χ2n) is 3.63.